The van der Waals surface area contributed by atoms with Gasteiger partial charge in [-0.15, -0.1) is 0 Å². The fraction of sp³-hybridized carbons (Fsp3) is 0.917. The minimum atomic E-state index is -4.26. The lowest BCUT2D eigenvalue weighted by molar-refractivity contribution is -0.173. The second-order valence-electron chi connectivity index (χ2n) is 4.84. The minimum absolute atomic E-state index is 0.0693. The van der Waals surface area contributed by atoms with Gasteiger partial charge in [0.05, 0.1) is 0 Å². The molecule has 0 amide bonds. The molecule has 120 valence electrons. The Morgan fingerprint density at radius 2 is 1.90 bits per heavy atom. The molecular weight excluding hydrogens is 291 g/mol. The number of hydrogen-bond acceptors (Lipinski definition) is 3. The summed E-state index contributed by atoms with van der Waals surface area (Å²) >= 11 is 1.74. The zero-order valence-electron chi connectivity index (χ0n) is 12.4. The van der Waals surface area contributed by atoms with Gasteiger partial charge in [0.1, 0.15) is 6.61 Å². The van der Waals surface area contributed by atoms with Crippen LogP contribution in [0.1, 0.15) is 20.3 Å². The number of ether oxygens (including phenoxy) is 1. The number of hydrogen-bond donors (Lipinski definition) is 2. The first-order chi connectivity index (χ1) is 9.20. The fourth-order valence-corrected chi connectivity index (χ4v) is 1.37. The van der Waals surface area contributed by atoms with Crippen LogP contribution < -0.4 is 10.6 Å². The molecule has 0 atom stereocenters. The first-order valence-corrected chi connectivity index (χ1v) is 7.57. The Balaban J connectivity index is 3.72. The van der Waals surface area contributed by atoms with Gasteiger partial charge < -0.3 is 15.4 Å². The fourth-order valence-electron chi connectivity index (χ4n) is 1.16. The molecule has 0 rings (SSSR count). The number of aliphatic imine (C=N–C) groups is 1. The van der Waals surface area contributed by atoms with E-state index in [0.717, 1.165) is 6.54 Å². The van der Waals surface area contributed by atoms with E-state index in [9.17, 15) is 13.2 Å². The number of nitrogens with one attached hydrogen (secondary N) is 2. The van der Waals surface area contributed by atoms with Crippen molar-refractivity contribution in [2.75, 3.05) is 39.6 Å². The van der Waals surface area contributed by atoms with Crippen LogP contribution in [0, 0.1) is 0 Å². The Morgan fingerprint density at radius 1 is 1.25 bits per heavy atom. The smallest absolute Gasteiger partial charge is 0.372 e. The molecule has 0 radical (unpaired) electrons. The molecule has 0 spiro atoms. The molecule has 4 nitrogen and oxygen atoms in total. The highest BCUT2D eigenvalue weighted by atomic mass is 32.2. The zero-order chi connectivity index (χ0) is 15.6. The van der Waals surface area contributed by atoms with Crippen LogP contribution in [0.5, 0.6) is 0 Å². The SMILES string of the molecule is CN=C(NCCCOCC(F)(F)F)NCC(C)(C)SC. The molecule has 0 saturated heterocycles. The average Bonchev–Trinajstić information content (AvgIpc) is 2.35. The number of halogens is 3. The van der Waals surface area contributed by atoms with Gasteiger partial charge >= 0.3 is 6.18 Å². The summed E-state index contributed by atoms with van der Waals surface area (Å²) in [7, 11) is 1.65. The molecule has 8 heteroatoms. The molecule has 0 fully saturated rings. The van der Waals surface area contributed by atoms with Gasteiger partial charge in [0.25, 0.3) is 0 Å². The van der Waals surface area contributed by atoms with Crippen molar-refractivity contribution < 1.29 is 17.9 Å². The van der Waals surface area contributed by atoms with E-state index >= 15 is 0 Å². The lowest BCUT2D eigenvalue weighted by Crippen LogP contribution is -2.43. The second-order valence-corrected chi connectivity index (χ2v) is 6.35. The molecule has 0 aromatic rings. The van der Waals surface area contributed by atoms with E-state index in [1.54, 1.807) is 18.8 Å². The van der Waals surface area contributed by atoms with Crippen molar-refractivity contribution in [1.82, 2.24) is 10.6 Å². The quantitative estimate of drug-likeness (QED) is 0.410. The summed E-state index contributed by atoms with van der Waals surface area (Å²) in [5.41, 5.74) is 0. The average molecular weight is 315 g/mol. The van der Waals surface area contributed by atoms with E-state index < -0.39 is 12.8 Å². The molecule has 2 N–H and O–H groups in total. The van der Waals surface area contributed by atoms with Gasteiger partial charge in [-0.1, -0.05) is 0 Å². The van der Waals surface area contributed by atoms with Gasteiger partial charge in [0.15, 0.2) is 5.96 Å². The van der Waals surface area contributed by atoms with Crippen molar-refractivity contribution in [3.8, 4) is 0 Å². The van der Waals surface area contributed by atoms with Gasteiger partial charge in [-0.3, -0.25) is 4.99 Å². The summed E-state index contributed by atoms with van der Waals surface area (Å²) in [5.74, 6) is 0.642. The largest absolute Gasteiger partial charge is 0.411 e. The molecule has 0 aliphatic heterocycles. The van der Waals surface area contributed by atoms with Crippen LogP contribution in [0.15, 0.2) is 4.99 Å². The lowest BCUT2D eigenvalue weighted by Gasteiger charge is -2.23. The zero-order valence-corrected chi connectivity index (χ0v) is 13.2. The third-order valence-corrected chi connectivity index (χ3v) is 3.73. The number of alkyl halides is 3. The Labute approximate surface area is 122 Å². The molecule has 0 aliphatic rings. The van der Waals surface area contributed by atoms with Crippen LogP contribution in [-0.2, 0) is 4.74 Å². The van der Waals surface area contributed by atoms with Gasteiger partial charge in [-0.25, -0.2) is 0 Å². The first kappa shape index (κ1) is 19.4. The summed E-state index contributed by atoms with van der Waals surface area (Å²) < 4.78 is 40.1. The predicted octanol–water partition coefficient (Wildman–Crippen LogP) is 2.26. The Kier molecular flexibility index (Phi) is 9.04. The molecule has 0 heterocycles. The number of thioether (sulfide) groups is 1. The van der Waals surface area contributed by atoms with E-state index in [2.05, 4.69) is 34.2 Å². The lowest BCUT2D eigenvalue weighted by atomic mass is 10.2. The van der Waals surface area contributed by atoms with Crippen LogP contribution in [0.3, 0.4) is 0 Å². The van der Waals surface area contributed by atoms with Gasteiger partial charge in [-0.05, 0) is 26.5 Å². The molecule has 0 unspecified atom stereocenters. The van der Waals surface area contributed by atoms with E-state index in [1.165, 1.54) is 0 Å². The summed E-state index contributed by atoms with van der Waals surface area (Å²) in [5, 5.41) is 6.21. The maximum absolute atomic E-state index is 11.8. The molecule has 20 heavy (non-hydrogen) atoms. The highest BCUT2D eigenvalue weighted by Crippen LogP contribution is 2.19. The van der Waals surface area contributed by atoms with Crippen LogP contribution in [-0.4, -0.2) is 56.5 Å². The maximum Gasteiger partial charge on any atom is 0.411 e. The Bertz CT molecular complexity index is 296. The topological polar surface area (TPSA) is 45.7 Å². The normalized spacial score (nSPS) is 13.4. The van der Waals surface area contributed by atoms with Crippen molar-refractivity contribution in [2.24, 2.45) is 4.99 Å². The third-order valence-electron chi connectivity index (χ3n) is 2.48. The van der Waals surface area contributed by atoms with Crippen molar-refractivity contribution in [3.63, 3.8) is 0 Å². The molecule has 0 aromatic carbocycles. The molecule has 0 saturated carbocycles. The Morgan fingerprint density at radius 3 is 2.40 bits per heavy atom. The summed E-state index contributed by atoms with van der Waals surface area (Å²) in [4.78, 5) is 4.05. The summed E-state index contributed by atoms with van der Waals surface area (Å²) in [6.07, 6.45) is -1.73. The first-order valence-electron chi connectivity index (χ1n) is 6.34. The molecular formula is C12H24F3N3OS. The van der Waals surface area contributed by atoms with Crippen LogP contribution >= 0.6 is 11.8 Å². The monoisotopic (exact) mass is 315 g/mol. The van der Waals surface area contributed by atoms with Crippen molar-refractivity contribution in [1.29, 1.82) is 0 Å². The maximum atomic E-state index is 11.8. The van der Waals surface area contributed by atoms with Crippen LogP contribution in [0.4, 0.5) is 13.2 Å². The second kappa shape index (κ2) is 9.33. The third kappa shape index (κ3) is 11.2. The van der Waals surface area contributed by atoms with Gasteiger partial charge in [-0.2, -0.15) is 24.9 Å². The minimum Gasteiger partial charge on any atom is -0.372 e. The highest BCUT2D eigenvalue weighted by Gasteiger charge is 2.27. The van der Waals surface area contributed by atoms with E-state index in [-0.39, 0.29) is 11.4 Å². The van der Waals surface area contributed by atoms with Gasteiger partial charge in [0, 0.05) is 31.5 Å². The Hall–Kier alpha value is -0.630. The van der Waals surface area contributed by atoms with E-state index in [1.807, 2.05) is 6.26 Å². The molecule has 0 aromatic heterocycles. The molecule has 0 aliphatic carbocycles. The highest BCUT2D eigenvalue weighted by molar-refractivity contribution is 7.99. The van der Waals surface area contributed by atoms with E-state index in [4.69, 9.17) is 0 Å². The van der Waals surface area contributed by atoms with Crippen LogP contribution in [0.2, 0.25) is 0 Å². The summed E-state index contributed by atoms with van der Waals surface area (Å²) in [6, 6.07) is 0. The number of rotatable bonds is 8. The van der Waals surface area contributed by atoms with Crippen molar-refractivity contribution >= 4 is 17.7 Å². The predicted molar refractivity (Wildman–Crippen MR) is 78.4 cm³/mol. The number of guanidine groups is 1. The van der Waals surface area contributed by atoms with Crippen molar-refractivity contribution in [3.05, 3.63) is 0 Å². The van der Waals surface area contributed by atoms with Crippen molar-refractivity contribution in [2.45, 2.75) is 31.2 Å². The summed E-state index contributed by atoms with van der Waals surface area (Å²) in [6.45, 7) is 4.36. The molecule has 0 bridgehead atoms. The number of nitrogens with zero attached hydrogens (tertiary/aromatic N) is 1. The van der Waals surface area contributed by atoms with Gasteiger partial charge in [0.2, 0.25) is 0 Å². The standard InChI is InChI=1S/C12H24F3N3OS/c1-11(2,20-4)8-18-10(16-3)17-6-5-7-19-9-12(13,14)15/h5-9H2,1-4H3,(H2,16,17,18). The van der Waals surface area contributed by atoms with E-state index in [0.29, 0.717) is 18.9 Å². The van der Waals surface area contributed by atoms with Crippen LogP contribution in [0.25, 0.3) is 0 Å².